The lowest BCUT2D eigenvalue weighted by Gasteiger charge is -2.04. The van der Waals surface area contributed by atoms with E-state index in [9.17, 15) is 0 Å². The minimum absolute atomic E-state index is 0.205. The fourth-order valence-corrected chi connectivity index (χ4v) is 1.53. The van der Waals surface area contributed by atoms with Gasteiger partial charge in [0.05, 0.1) is 0 Å². The quantitative estimate of drug-likeness (QED) is 0.702. The second-order valence-corrected chi connectivity index (χ2v) is 3.93. The van der Waals surface area contributed by atoms with Crippen LogP contribution in [-0.4, -0.2) is 6.04 Å². The Morgan fingerprint density at radius 2 is 1.93 bits per heavy atom. The van der Waals surface area contributed by atoms with Crippen LogP contribution in [0.3, 0.4) is 0 Å². The van der Waals surface area contributed by atoms with Crippen molar-refractivity contribution in [3.63, 3.8) is 0 Å². The second-order valence-electron chi connectivity index (χ2n) is 3.93. The Kier molecular flexibility index (Phi) is 5.79. The smallest absolute Gasteiger partial charge is 0.0226 e. The van der Waals surface area contributed by atoms with Crippen LogP contribution in [0.15, 0.2) is 36.4 Å². The average molecular weight is 203 g/mol. The fourth-order valence-electron chi connectivity index (χ4n) is 1.53. The fraction of sp³-hybridized carbons (Fsp3) is 0.429. The van der Waals surface area contributed by atoms with Gasteiger partial charge in [0.1, 0.15) is 0 Å². The standard InChI is InChI=1S/C14H21N/c1-2-3-5-10-14(15)12-11-13-8-6-4-7-9-13/h4,6-9,11-12,14H,2-3,5,10,15H2,1H3/b12-11+. The minimum atomic E-state index is 0.205. The Morgan fingerprint density at radius 1 is 1.20 bits per heavy atom. The number of unbranched alkanes of at least 4 members (excludes halogenated alkanes) is 2. The zero-order chi connectivity index (χ0) is 10.9. The van der Waals surface area contributed by atoms with Crippen LogP contribution in [0.25, 0.3) is 6.08 Å². The highest BCUT2D eigenvalue weighted by molar-refractivity contribution is 5.49. The third-order valence-corrected chi connectivity index (χ3v) is 2.48. The molecule has 1 heteroatoms. The van der Waals surface area contributed by atoms with E-state index in [2.05, 4.69) is 31.2 Å². The van der Waals surface area contributed by atoms with Crippen LogP contribution >= 0.6 is 0 Å². The van der Waals surface area contributed by atoms with E-state index in [0.717, 1.165) is 6.42 Å². The van der Waals surface area contributed by atoms with Crippen LogP contribution in [0.4, 0.5) is 0 Å². The topological polar surface area (TPSA) is 26.0 Å². The average Bonchev–Trinajstić information content (AvgIpc) is 2.28. The van der Waals surface area contributed by atoms with Gasteiger partial charge in [0.25, 0.3) is 0 Å². The largest absolute Gasteiger partial charge is 0.324 e. The van der Waals surface area contributed by atoms with Crippen molar-refractivity contribution in [1.29, 1.82) is 0 Å². The molecule has 0 aliphatic heterocycles. The number of nitrogens with two attached hydrogens (primary N) is 1. The van der Waals surface area contributed by atoms with Crippen molar-refractivity contribution in [2.75, 3.05) is 0 Å². The highest BCUT2D eigenvalue weighted by Gasteiger charge is 1.96. The van der Waals surface area contributed by atoms with E-state index in [4.69, 9.17) is 5.73 Å². The summed E-state index contributed by atoms with van der Waals surface area (Å²) in [5, 5.41) is 0. The molecule has 0 saturated carbocycles. The minimum Gasteiger partial charge on any atom is -0.324 e. The molecule has 0 aliphatic rings. The van der Waals surface area contributed by atoms with Gasteiger partial charge in [0, 0.05) is 6.04 Å². The number of rotatable bonds is 6. The number of hydrogen-bond acceptors (Lipinski definition) is 1. The van der Waals surface area contributed by atoms with E-state index in [1.807, 2.05) is 18.2 Å². The molecule has 0 aromatic heterocycles. The van der Waals surface area contributed by atoms with Crippen molar-refractivity contribution >= 4 is 6.08 Å². The predicted octanol–water partition coefficient (Wildman–Crippen LogP) is 3.61. The molecule has 0 heterocycles. The van der Waals surface area contributed by atoms with Crippen LogP contribution in [0.1, 0.15) is 38.2 Å². The van der Waals surface area contributed by atoms with E-state index < -0.39 is 0 Å². The van der Waals surface area contributed by atoms with Crippen molar-refractivity contribution in [2.45, 2.75) is 38.6 Å². The lowest BCUT2D eigenvalue weighted by Crippen LogP contribution is -2.16. The molecular formula is C14H21N. The van der Waals surface area contributed by atoms with Crippen LogP contribution in [0.2, 0.25) is 0 Å². The number of benzene rings is 1. The van der Waals surface area contributed by atoms with Crippen molar-refractivity contribution in [1.82, 2.24) is 0 Å². The highest BCUT2D eigenvalue weighted by Crippen LogP contribution is 2.06. The Bertz CT molecular complexity index is 277. The first kappa shape index (κ1) is 12.0. The maximum Gasteiger partial charge on any atom is 0.0226 e. The van der Waals surface area contributed by atoms with Gasteiger partial charge in [0.15, 0.2) is 0 Å². The molecule has 0 spiro atoms. The zero-order valence-corrected chi connectivity index (χ0v) is 9.52. The Hall–Kier alpha value is -1.08. The first-order chi connectivity index (χ1) is 7.33. The number of hydrogen-bond donors (Lipinski definition) is 1. The third kappa shape index (κ3) is 5.38. The summed E-state index contributed by atoms with van der Waals surface area (Å²) in [7, 11) is 0. The molecule has 0 radical (unpaired) electrons. The first-order valence-corrected chi connectivity index (χ1v) is 5.81. The molecule has 0 bridgehead atoms. The summed E-state index contributed by atoms with van der Waals surface area (Å²) in [4.78, 5) is 0. The van der Waals surface area contributed by atoms with Gasteiger partial charge in [-0.2, -0.15) is 0 Å². The summed E-state index contributed by atoms with van der Waals surface area (Å²) in [5.41, 5.74) is 7.20. The summed E-state index contributed by atoms with van der Waals surface area (Å²) in [6.45, 7) is 2.21. The molecule has 0 amide bonds. The Balaban J connectivity index is 2.31. The SMILES string of the molecule is CCCCCC(N)/C=C/c1ccccc1. The molecule has 15 heavy (non-hydrogen) atoms. The van der Waals surface area contributed by atoms with E-state index in [1.54, 1.807) is 0 Å². The zero-order valence-electron chi connectivity index (χ0n) is 9.52. The highest BCUT2D eigenvalue weighted by atomic mass is 14.6. The molecule has 82 valence electrons. The van der Waals surface area contributed by atoms with Crippen molar-refractivity contribution in [3.8, 4) is 0 Å². The van der Waals surface area contributed by atoms with E-state index in [0.29, 0.717) is 0 Å². The molecular weight excluding hydrogens is 182 g/mol. The Labute approximate surface area is 93.0 Å². The summed E-state index contributed by atoms with van der Waals surface area (Å²) in [6, 6.07) is 10.5. The van der Waals surface area contributed by atoms with Crippen molar-refractivity contribution < 1.29 is 0 Å². The normalized spacial score (nSPS) is 13.2. The second kappa shape index (κ2) is 7.24. The van der Waals surface area contributed by atoms with E-state index in [1.165, 1.54) is 24.8 Å². The van der Waals surface area contributed by atoms with Gasteiger partial charge in [0.2, 0.25) is 0 Å². The molecule has 1 unspecified atom stereocenters. The molecule has 0 fully saturated rings. The van der Waals surface area contributed by atoms with Gasteiger partial charge >= 0.3 is 0 Å². The summed E-state index contributed by atoms with van der Waals surface area (Å²) in [5.74, 6) is 0. The monoisotopic (exact) mass is 203 g/mol. The first-order valence-electron chi connectivity index (χ1n) is 5.81. The van der Waals surface area contributed by atoms with E-state index in [-0.39, 0.29) is 6.04 Å². The molecule has 1 aromatic carbocycles. The molecule has 2 N–H and O–H groups in total. The van der Waals surface area contributed by atoms with Crippen LogP contribution in [0, 0.1) is 0 Å². The van der Waals surface area contributed by atoms with Crippen molar-refractivity contribution in [3.05, 3.63) is 42.0 Å². The Morgan fingerprint density at radius 3 is 2.60 bits per heavy atom. The summed E-state index contributed by atoms with van der Waals surface area (Å²) < 4.78 is 0. The lowest BCUT2D eigenvalue weighted by atomic mass is 10.1. The molecule has 0 saturated heterocycles. The molecule has 1 rings (SSSR count). The molecule has 1 atom stereocenters. The molecule has 1 aromatic rings. The van der Waals surface area contributed by atoms with Gasteiger partial charge in [-0.05, 0) is 12.0 Å². The maximum atomic E-state index is 5.98. The van der Waals surface area contributed by atoms with Gasteiger partial charge in [-0.25, -0.2) is 0 Å². The van der Waals surface area contributed by atoms with Crippen LogP contribution in [-0.2, 0) is 0 Å². The lowest BCUT2D eigenvalue weighted by molar-refractivity contribution is 0.624. The van der Waals surface area contributed by atoms with Gasteiger partial charge in [-0.15, -0.1) is 0 Å². The van der Waals surface area contributed by atoms with Crippen LogP contribution < -0.4 is 5.73 Å². The van der Waals surface area contributed by atoms with Gasteiger partial charge in [-0.1, -0.05) is 68.7 Å². The maximum absolute atomic E-state index is 5.98. The summed E-state index contributed by atoms with van der Waals surface area (Å²) >= 11 is 0. The van der Waals surface area contributed by atoms with E-state index >= 15 is 0 Å². The summed E-state index contributed by atoms with van der Waals surface area (Å²) in [6.07, 6.45) is 9.08. The predicted molar refractivity (Wildman–Crippen MR) is 67.6 cm³/mol. The molecule has 1 nitrogen and oxygen atoms in total. The molecule has 0 aliphatic carbocycles. The third-order valence-electron chi connectivity index (χ3n) is 2.48. The van der Waals surface area contributed by atoms with Crippen molar-refractivity contribution in [2.24, 2.45) is 5.73 Å². The van der Waals surface area contributed by atoms with Crippen LogP contribution in [0.5, 0.6) is 0 Å². The van der Waals surface area contributed by atoms with Gasteiger partial charge < -0.3 is 5.73 Å². The van der Waals surface area contributed by atoms with Gasteiger partial charge in [-0.3, -0.25) is 0 Å².